The minimum absolute atomic E-state index is 0.0548. The highest BCUT2D eigenvalue weighted by molar-refractivity contribution is 8.16. The lowest BCUT2D eigenvalue weighted by atomic mass is 10.1. The molecule has 0 saturated carbocycles. The van der Waals surface area contributed by atoms with Gasteiger partial charge in [-0.3, -0.25) is 4.79 Å². The summed E-state index contributed by atoms with van der Waals surface area (Å²) in [5.41, 5.74) is 2.11. The third-order valence-electron chi connectivity index (χ3n) is 3.90. The van der Waals surface area contributed by atoms with E-state index in [1.807, 2.05) is 35.7 Å². The predicted octanol–water partition coefficient (Wildman–Crippen LogP) is 3.04. The lowest BCUT2D eigenvalue weighted by Crippen LogP contribution is -2.45. The zero-order chi connectivity index (χ0) is 14.5. The van der Waals surface area contributed by atoms with Gasteiger partial charge < -0.3 is 10.6 Å². The van der Waals surface area contributed by atoms with Crippen molar-refractivity contribution in [3.63, 3.8) is 0 Å². The number of piperidine rings is 1. The molecule has 2 fully saturated rings. The Balaban J connectivity index is 1.58. The molecule has 21 heavy (non-hydrogen) atoms. The monoisotopic (exact) mass is 322 g/mol. The Kier molecular flexibility index (Phi) is 5.49. The summed E-state index contributed by atoms with van der Waals surface area (Å²) in [4.78, 5) is 12.3. The molecule has 2 aliphatic rings. The van der Waals surface area contributed by atoms with Gasteiger partial charge in [-0.2, -0.15) is 0 Å². The van der Waals surface area contributed by atoms with Gasteiger partial charge in [0.25, 0.3) is 5.91 Å². The predicted molar refractivity (Wildman–Crippen MR) is 92.1 cm³/mol. The molecule has 2 heterocycles. The van der Waals surface area contributed by atoms with E-state index < -0.39 is 0 Å². The van der Waals surface area contributed by atoms with Gasteiger partial charge >= 0.3 is 0 Å². The second-order valence-electron chi connectivity index (χ2n) is 5.57. The Morgan fingerprint density at radius 1 is 1.14 bits per heavy atom. The third-order valence-corrected chi connectivity index (χ3v) is 6.92. The summed E-state index contributed by atoms with van der Waals surface area (Å²) in [5.74, 6) is 2.54. The molecule has 0 aliphatic carbocycles. The average molecular weight is 322 g/mol. The maximum atomic E-state index is 12.3. The number of hydrogen-bond donors (Lipinski definition) is 2. The quantitative estimate of drug-likeness (QED) is 0.897. The summed E-state index contributed by atoms with van der Waals surface area (Å²) in [5, 5.41) is 6.45. The van der Waals surface area contributed by atoms with Crippen LogP contribution in [0.2, 0.25) is 0 Å². The molecule has 0 unspecified atom stereocenters. The highest BCUT2D eigenvalue weighted by Crippen LogP contribution is 2.43. The van der Waals surface area contributed by atoms with E-state index in [0.29, 0.717) is 4.58 Å². The lowest BCUT2D eigenvalue weighted by Gasteiger charge is -2.24. The van der Waals surface area contributed by atoms with Crippen molar-refractivity contribution < 1.29 is 4.79 Å². The Morgan fingerprint density at radius 2 is 1.90 bits per heavy atom. The Hall–Kier alpha value is -0.650. The van der Waals surface area contributed by atoms with E-state index in [-0.39, 0.29) is 11.9 Å². The first-order valence-electron chi connectivity index (χ1n) is 7.68. The molecule has 114 valence electrons. The summed E-state index contributed by atoms with van der Waals surface area (Å²) in [7, 11) is 0. The first-order chi connectivity index (χ1) is 10.3. The van der Waals surface area contributed by atoms with Gasteiger partial charge in [-0.25, -0.2) is 0 Å². The molecule has 0 bridgehead atoms. The lowest BCUT2D eigenvalue weighted by molar-refractivity contribution is 0.0930. The normalized spacial score (nSPS) is 23.7. The second-order valence-corrected chi connectivity index (χ2v) is 8.29. The summed E-state index contributed by atoms with van der Waals surface area (Å²) in [6, 6.07) is 8.44. The smallest absolute Gasteiger partial charge is 0.251 e. The van der Waals surface area contributed by atoms with Crippen molar-refractivity contribution in [2.75, 3.05) is 24.6 Å². The fraction of sp³-hybridized carbons (Fsp3) is 0.562. The standard InChI is InChI=1S/C16H22N2OS2/c19-15(18-14-3-1-8-17-11-14)12-4-6-13(7-5-12)16-20-9-2-10-21-16/h4-7,14,16-17H,1-3,8-11H2,(H,18,19)/t14-/m0/s1. The van der Waals surface area contributed by atoms with Gasteiger partial charge in [-0.15, -0.1) is 23.5 Å². The van der Waals surface area contributed by atoms with Crippen LogP contribution in [0, 0.1) is 0 Å². The van der Waals surface area contributed by atoms with Crippen LogP contribution in [0.3, 0.4) is 0 Å². The van der Waals surface area contributed by atoms with Crippen molar-refractivity contribution in [2.24, 2.45) is 0 Å². The number of carbonyl (C=O) groups is 1. The van der Waals surface area contributed by atoms with Crippen molar-refractivity contribution in [3.05, 3.63) is 35.4 Å². The number of amides is 1. The van der Waals surface area contributed by atoms with Crippen molar-refractivity contribution >= 4 is 29.4 Å². The van der Waals surface area contributed by atoms with Crippen LogP contribution < -0.4 is 10.6 Å². The molecule has 5 heteroatoms. The van der Waals surface area contributed by atoms with Crippen molar-refractivity contribution in [2.45, 2.75) is 29.9 Å². The molecule has 3 nitrogen and oxygen atoms in total. The van der Waals surface area contributed by atoms with Gasteiger partial charge in [0.15, 0.2) is 0 Å². The summed E-state index contributed by atoms with van der Waals surface area (Å²) in [6.45, 7) is 1.96. The van der Waals surface area contributed by atoms with Crippen LogP contribution in [0.5, 0.6) is 0 Å². The van der Waals surface area contributed by atoms with Crippen LogP contribution >= 0.6 is 23.5 Å². The Morgan fingerprint density at radius 3 is 2.57 bits per heavy atom. The van der Waals surface area contributed by atoms with E-state index in [9.17, 15) is 4.79 Å². The summed E-state index contributed by atoms with van der Waals surface area (Å²) < 4.78 is 0.540. The summed E-state index contributed by atoms with van der Waals surface area (Å²) in [6.07, 6.45) is 3.52. The number of rotatable bonds is 3. The van der Waals surface area contributed by atoms with E-state index in [0.717, 1.165) is 31.5 Å². The van der Waals surface area contributed by atoms with Crippen LogP contribution in [0.4, 0.5) is 0 Å². The maximum Gasteiger partial charge on any atom is 0.251 e. The molecule has 2 N–H and O–H groups in total. The second kappa shape index (κ2) is 7.56. The Bertz CT molecular complexity index is 466. The largest absolute Gasteiger partial charge is 0.348 e. The number of benzene rings is 1. The molecule has 2 aliphatic heterocycles. The van der Waals surface area contributed by atoms with Crippen molar-refractivity contribution in [1.29, 1.82) is 0 Å². The molecular formula is C16H22N2OS2. The fourth-order valence-corrected chi connectivity index (χ4v) is 5.61. The minimum atomic E-state index is 0.0548. The van der Waals surface area contributed by atoms with Crippen LogP contribution in [0.1, 0.15) is 39.8 Å². The molecule has 0 radical (unpaired) electrons. The number of carbonyl (C=O) groups excluding carboxylic acids is 1. The molecular weight excluding hydrogens is 300 g/mol. The Labute approximate surface area is 135 Å². The maximum absolute atomic E-state index is 12.3. The van der Waals surface area contributed by atoms with Crippen LogP contribution in [-0.2, 0) is 0 Å². The number of hydrogen-bond acceptors (Lipinski definition) is 4. The third kappa shape index (κ3) is 4.18. The molecule has 0 aromatic heterocycles. The van der Waals surface area contributed by atoms with Crippen LogP contribution in [-0.4, -0.2) is 36.5 Å². The van der Waals surface area contributed by atoms with Gasteiger partial charge in [0.05, 0.1) is 4.58 Å². The zero-order valence-electron chi connectivity index (χ0n) is 12.1. The van der Waals surface area contributed by atoms with E-state index in [2.05, 4.69) is 22.8 Å². The molecule has 1 aromatic rings. The highest BCUT2D eigenvalue weighted by Gasteiger charge is 2.18. The zero-order valence-corrected chi connectivity index (χ0v) is 13.8. The number of thioether (sulfide) groups is 2. The molecule has 1 amide bonds. The molecule has 1 atom stereocenters. The highest BCUT2D eigenvalue weighted by atomic mass is 32.2. The van der Waals surface area contributed by atoms with E-state index in [4.69, 9.17) is 0 Å². The van der Waals surface area contributed by atoms with Crippen molar-refractivity contribution in [1.82, 2.24) is 10.6 Å². The van der Waals surface area contributed by atoms with Gasteiger partial charge in [-0.05, 0) is 55.0 Å². The van der Waals surface area contributed by atoms with Crippen molar-refractivity contribution in [3.8, 4) is 0 Å². The summed E-state index contributed by atoms with van der Waals surface area (Å²) >= 11 is 4.03. The average Bonchev–Trinajstić information content (AvgIpc) is 2.57. The van der Waals surface area contributed by atoms with E-state index in [1.165, 1.54) is 23.5 Å². The number of nitrogens with one attached hydrogen (secondary N) is 2. The van der Waals surface area contributed by atoms with Gasteiger partial charge in [-0.1, -0.05) is 12.1 Å². The molecule has 3 rings (SSSR count). The SMILES string of the molecule is O=C(N[C@H]1CCCNC1)c1ccc(C2SCCCS2)cc1. The van der Waals surface area contributed by atoms with Gasteiger partial charge in [0.1, 0.15) is 0 Å². The molecule has 0 spiro atoms. The van der Waals surface area contributed by atoms with Gasteiger partial charge in [0.2, 0.25) is 0 Å². The van der Waals surface area contributed by atoms with Crippen LogP contribution in [0.15, 0.2) is 24.3 Å². The van der Waals surface area contributed by atoms with Gasteiger partial charge in [0, 0.05) is 18.2 Å². The molecule has 2 saturated heterocycles. The first kappa shape index (κ1) is 15.3. The van der Waals surface area contributed by atoms with E-state index >= 15 is 0 Å². The molecule has 1 aromatic carbocycles. The first-order valence-corrected chi connectivity index (χ1v) is 9.77. The van der Waals surface area contributed by atoms with E-state index in [1.54, 1.807) is 0 Å². The minimum Gasteiger partial charge on any atom is -0.348 e. The topological polar surface area (TPSA) is 41.1 Å². The fourth-order valence-electron chi connectivity index (χ4n) is 2.72. The van der Waals surface area contributed by atoms with Crippen LogP contribution in [0.25, 0.3) is 0 Å².